The van der Waals surface area contributed by atoms with Gasteiger partial charge in [-0.25, -0.2) is 14.4 Å². The van der Waals surface area contributed by atoms with Crippen LogP contribution in [0.2, 0.25) is 0 Å². The molecule has 1 aliphatic rings. The van der Waals surface area contributed by atoms with E-state index in [1.54, 1.807) is 23.7 Å². The first-order valence-corrected chi connectivity index (χ1v) is 9.93. The van der Waals surface area contributed by atoms with Crippen LogP contribution < -0.4 is 10.6 Å². The number of amides is 1. The monoisotopic (exact) mass is 416 g/mol. The van der Waals surface area contributed by atoms with Crippen molar-refractivity contribution in [2.75, 3.05) is 5.32 Å². The Balaban J connectivity index is 1.68. The molecule has 156 valence electrons. The first-order valence-electron chi connectivity index (χ1n) is 9.93. The van der Waals surface area contributed by atoms with Gasteiger partial charge in [0.05, 0.1) is 6.20 Å². The standard InChI is InChI=1S/C23H21FN6O/c1-3-21(31)26-10-14(2)18-11-27-23(30-13-16(9-25)29-22(18)30)28-12-19-17-6-4-5-15(17)7-8-20(19)24/h3,7-8,10-11,13H,1,4-6,12H2,2H3,(H,26,31)(H,27,28)/b14-10+. The molecular weight excluding hydrogens is 395 g/mol. The highest BCUT2D eigenvalue weighted by molar-refractivity contribution is 5.89. The molecule has 0 radical (unpaired) electrons. The molecule has 0 spiro atoms. The second-order valence-electron chi connectivity index (χ2n) is 7.34. The molecule has 0 bridgehead atoms. The highest BCUT2D eigenvalue weighted by Crippen LogP contribution is 2.28. The lowest BCUT2D eigenvalue weighted by Crippen LogP contribution is -2.14. The van der Waals surface area contributed by atoms with Gasteiger partial charge in [-0.3, -0.25) is 9.20 Å². The van der Waals surface area contributed by atoms with Crippen molar-refractivity contribution in [2.24, 2.45) is 0 Å². The molecule has 1 aromatic carbocycles. The van der Waals surface area contributed by atoms with Crippen molar-refractivity contribution in [1.29, 1.82) is 5.26 Å². The minimum atomic E-state index is -0.333. The lowest BCUT2D eigenvalue weighted by atomic mass is 10.0. The molecule has 2 aromatic heterocycles. The first-order chi connectivity index (χ1) is 15.0. The minimum absolute atomic E-state index is 0.229. The molecule has 0 unspecified atom stereocenters. The summed E-state index contributed by atoms with van der Waals surface area (Å²) in [7, 11) is 0. The van der Waals surface area contributed by atoms with Crippen LogP contribution in [0, 0.1) is 17.1 Å². The normalized spacial score (nSPS) is 13.0. The third kappa shape index (κ3) is 3.90. The Hall–Kier alpha value is -3.99. The van der Waals surface area contributed by atoms with Crippen LogP contribution in [0.1, 0.15) is 41.3 Å². The zero-order chi connectivity index (χ0) is 22.0. The lowest BCUT2D eigenvalue weighted by Gasteiger charge is -2.14. The molecule has 0 aliphatic heterocycles. The van der Waals surface area contributed by atoms with Gasteiger partial charge in [0.25, 0.3) is 0 Å². The number of nitrogens with zero attached hydrogens (tertiary/aromatic N) is 4. The average Bonchev–Trinajstić information content (AvgIpc) is 3.43. The van der Waals surface area contributed by atoms with Crippen molar-refractivity contribution >= 4 is 23.1 Å². The molecule has 0 atom stereocenters. The number of carbonyl (C=O) groups excluding carboxylic acids is 1. The van der Waals surface area contributed by atoms with Crippen molar-refractivity contribution in [3.63, 3.8) is 0 Å². The fraction of sp³-hybridized carbons (Fsp3) is 0.217. The van der Waals surface area contributed by atoms with Crippen molar-refractivity contribution in [2.45, 2.75) is 32.7 Å². The van der Waals surface area contributed by atoms with Crippen LogP contribution in [0.4, 0.5) is 10.3 Å². The smallest absolute Gasteiger partial charge is 0.247 e. The summed E-state index contributed by atoms with van der Waals surface area (Å²) >= 11 is 0. The molecule has 31 heavy (non-hydrogen) atoms. The molecule has 1 aliphatic carbocycles. The number of imidazole rings is 1. The third-order valence-corrected chi connectivity index (χ3v) is 5.41. The van der Waals surface area contributed by atoms with Crippen LogP contribution in [-0.2, 0) is 24.2 Å². The maximum absolute atomic E-state index is 14.5. The molecule has 1 amide bonds. The van der Waals surface area contributed by atoms with Gasteiger partial charge >= 0.3 is 0 Å². The summed E-state index contributed by atoms with van der Waals surface area (Å²) in [6.45, 7) is 5.50. The van der Waals surface area contributed by atoms with Gasteiger partial charge in [-0.2, -0.15) is 5.26 Å². The number of benzene rings is 1. The molecule has 0 saturated heterocycles. The number of nitriles is 1. The molecule has 4 rings (SSSR count). The zero-order valence-electron chi connectivity index (χ0n) is 17.1. The number of aromatic nitrogens is 3. The van der Waals surface area contributed by atoms with E-state index in [0.29, 0.717) is 28.3 Å². The van der Waals surface area contributed by atoms with Crippen LogP contribution in [0.15, 0.2) is 43.4 Å². The van der Waals surface area contributed by atoms with E-state index in [1.807, 2.05) is 12.1 Å². The van der Waals surface area contributed by atoms with Crippen molar-refractivity contribution in [3.8, 4) is 6.07 Å². The number of anilines is 1. The number of allylic oxidation sites excluding steroid dienone is 1. The van der Waals surface area contributed by atoms with Gasteiger partial charge < -0.3 is 10.6 Å². The summed E-state index contributed by atoms with van der Waals surface area (Å²) in [4.78, 5) is 20.3. The van der Waals surface area contributed by atoms with Gasteiger partial charge in [0.1, 0.15) is 17.5 Å². The first kappa shape index (κ1) is 20.3. The van der Waals surface area contributed by atoms with Crippen LogP contribution in [0.5, 0.6) is 0 Å². The van der Waals surface area contributed by atoms with E-state index in [4.69, 9.17) is 0 Å². The number of nitrogens with one attached hydrogen (secondary N) is 2. The molecule has 7 nitrogen and oxygen atoms in total. The summed E-state index contributed by atoms with van der Waals surface area (Å²) < 4.78 is 16.2. The van der Waals surface area contributed by atoms with E-state index < -0.39 is 0 Å². The van der Waals surface area contributed by atoms with Crippen molar-refractivity contribution in [3.05, 3.63) is 77.1 Å². The van der Waals surface area contributed by atoms with Crippen LogP contribution in [0.25, 0.3) is 11.2 Å². The third-order valence-electron chi connectivity index (χ3n) is 5.41. The Labute approximate surface area is 178 Å². The molecule has 0 saturated carbocycles. The average molecular weight is 416 g/mol. The van der Waals surface area contributed by atoms with Crippen LogP contribution >= 0.6 is 0 Å². The molecular formula is C23H21FN6O. The van der Waals surface area contributed by atoms with Crippen LogP contribution in [-0.4, -0.2) is 20.3 Å². The maximum Gasteiger partial charge on any atom is 0.247 e. The minimum Gasteiger partial charge on any atom is -0.351 e. The molecule has 2 N–H and O–H groups in total. The van der Waals surface area contributed by atoms with Crippen LogP contribution in [0.3, 0.4) is 0 Å². The van der Waals surface area contributed by atoms with Gasteiger partial charge in [0, 0.05) is 30.1 Å². The second-order valence-corrected chi connectivity index (χ2v) is 7.34. The van der Waals surface area contributed by atoms with E-state index in [2.05, 4.69) is 27.2 Å². The number of carbonyl (C=O) groups is 1. The molecule has 3 aromatic rings. The number of rotatable bonds is 6. The fourth-order valence-corrected chi connectivity index (χ4v) is 3.83. The number of hydrogen-bond donors (Lipinski definition) is 2. The van der Waals surface area contributed by atoms with Crippen molar-refractivity contribution in [1.82, 2.24) is 19.7 Å². The Bertz CT molecular complexity index is 1270. The summed E-state index contributed by atoms with van der Waals surface area (Å²) in [6.07, 6.45) is 8.78. The summed E-state index contributed by atoms with van der Waals surface area (Å²) in [5.74, 6) is -0.119. The molecule has 8 heteroatoms. The summed E-state index contributed by atoms with van der Waals surface area (Å²) in [6, 6.07) is 5.42. The van der Waals surface area contributed by atoms with E-state index in [0.717, 1.165) is 24.8 Å². The summed E-state index contributed by atoms with van der Waals surface area (Å²) in [5, 5.41) is 15.1. The van der Waals surface area contributed by atoms with E-state index in [1.165, 1.54) is 23.9 Å². The number of aryl methyl sites for hydroxylation is 1. The van der Waals surface area contributed by atoms with E-state index in [-0.39, 0.29) is 24.0 Å². The van der Waals surface area contributed by atoms with Gasteiger partial charge in [0.15, 0.2) is 5.69 Å². The summed E-state index contributed by atoms with van der Waals surface area (Å²) in [5.41, 5.74) is 5.02. The van der Waals surface area contributed by atoms with E-state index in [9.17, 15) is 14.4 Å². The zero-order valence-corrected chi connectivity index (χ0v) is 17.1. The molecule has 2 heterocycles. The van der Waals surface area contributed by atoms with Crippen molar-refractivity contribution < 1.29 is 9.18 Å². The fourth-order valence-electron chi connectivity index (χ4n) is 3.83. The number of hydrogen-bond acceptors (Lipinski definition) is 5. The maximum atomic E-state index is 14.5. The number of fused-ring (bicyclic) bond motifs is 2. The Kier molecular flexibility index (Phi) is 5.50. The molecule has 0 fully saturated rings. The Morgan fingerprint density at radius 3 is 3.03 bits per heavy atom. The van der Waals surface area contributed by atoms with Gasteiger partial charge in [-0.15, -0.1) is 0 Å². The highest BCUT2D eigenvalue weighted by Gasteiger charge is 2.19. The Morgan fingerprint density at radius 2 is 2.26 bits per heavy atom. The highest BCUT2D eigenvalue weighted by atomic mass is 19.1. The van der Waals surface area contributed by atoms with Gasteiger partial charge in [-0.1, -0.05) is 12.6 Å². The second kappa shape index (κ2) is 8.40. The predicted octanol–water partition coefficient (Wildman–Crippen LogP) is 3.50. The predicted molar refractivity (Wildman–Crippen MR) is 115 cm³/mol. The quantitative estimate of drug-likeness (QED) is 0.600. The SMILES string of the molecule is C=CC(=O)N/C=C(\C)c1cnc(NCc2c(F)ccc3c2CCC3)n2cc(C#N)nc12. The van der Waals surface area contributed by atoms with Gasteiger partial charge in [0.2, 0.25) is 11.9 Å². The lowest BCUT2D eigenvalue weighted by molar-refractivity contribution is -0.115. The number of halogens is 1. The van der Waals surface area contributed by atoms with E-state index >= 15 is 0 Å². The largest absolute Gasteiger partial charge is 0.351 e. The van der Waals surface area contributed by atoms with Gasteiger partial charge in [-0.05, 0) is 55.0 Å². The topological polar surface area (TPSA) is 95.1 Å². The Morgan fingerprint density at radius 1 is 1.42 bits per heavy atom.